The van der Waals surface area contributed by atoms with Crippen molar-refractivity contribution in [1.29, 1.82) is 0 Å². The summed E-state index contributed by atoms with van der Waals surface area (Å²) in [6.45, 7) is 35.1. The number of methoxy groups -OCH3 is 3. The highest BCUT2D eigenvalue weighted by atomic mass is 32.1. The molecule has 4 aliphatic heterocycles. The molecule has 13 nitrogen and oxygen atoms in total. The molecule has 72 heavy (non-hydrogen) atoms. The zero-order valence-electron chi connectivity index (χ0n) is 48.0. The van der Waals surface area contributed by atoms with Gasteiger partial charge in [-0.1, -0.05) is 87.0 Å². The predicted octanol–water partition coefficient (Wildman–Crippen LogP) is 11.7. The molecule has 0 unspecified atom stereocenters. The van der Waals surface area contributed by atoms with E-state index < -0.39 is 82.7 Å². The number of allylic oxidation sites excluding steroid dienone is 3. The van der Waals surface area contributed by atoms with E-state index in [4.69, 9.17) is 54.2 Å². The summed E-state index contributed by atoms with van der Waals surface area (Å²) in [4.78, 5) is 47.0. The normalized spacial score (nSPS) is 37.6. The van der Waals surface area contributed by atoms with Gasteiger partial charge in [-0.3, -0.25) is 9.59 Å². The number of Topliss-reactive ketones (excluding diaryl/α,β-unsaturated/α-hetero) is 1. The average molecular weight is 1060 g/mol. The van der Waals surface area contributed by atoms with Gasteiger partial charge in [-0.05, 0) is 132 Å². The van der Waals surface area contributed by atoms with Crippen LogP contribution >= 0.6 is 12.2 Å². The molecule has 2 bridgehead atoms. The number of carbonyl (C=O) groups is 3. The van der Waals surface area contributed by atoms with Crippen molar-refractivity contribution in [3.05, 3.63) is 23.3 Å². The fourth-order valence-corrected chi connectivity index (χ4v) is 14.4. The number of piperidine rings is 1. The molecule has 15 atom stereocenters. The Morgan fingerprint density at radius 3 is 1.99 bits per heavy atom. The smallest absolute Gasteiger partial charge is 0.356 e. The first-order valence-corrected chi connectivity index (χ1v) is 33.6. The van der Waals surface area contributed by atoms with Crippen molar-refractivity contribution in [2.24, 2.45) is 29.6 Å². The average Bonchev–Trinajstić information content (AvgIpc) is 3.63. The van der Waals surface area contributed by atoms with Gasteiger partial charge in [0.15, 0.2) is 16.6 Å². The van der Waals surface area contributed by atoms with E-state index >= 15 is 9.59 Å². The molecule has 1 saturated carbocycles. The van der Waals surface area contributed by atoms with E-state index in [2.05, 4.69) is 108 Å². The third-order valence-electron chi connectivity index (χ3n) is 17.9. The summed E-state index contributed by atoms with van der Waals surface area (Å²) in [5.41, 5.74) is 1.99. The van der Waals surface area contributed by atoms with Crippen LogP contribution in [0.3, 0.4) is 0 Å². The Morgan fingerprint density at radius 2 is 1.40 bits per heavy atom. The SMILES string of the molecule is CC[C@@H]1/C=C(\C)C[C@H](C)C[C@H](OC)[C@H]2O[C@]3(OC(=S)O[C@H]3C(=O)N3CCCC[C@H]3C(=O)O[C@H](/C(C)=C/[C@@H]3CC[C@@H](O[Si](C)(C)C(C)(C)C)[C@H](OC)C3)[C@H](C)[C@@H](O[Si](C)(C)C(C)(C)C)CC1=O)[C@H](C)C[C@@H]2OC. The highest BCUT2D eigenvalue weighted by molar-refractivity contribution is 7.79. The van der Waals surface area contributed by atoms with Crippen molar-refractivity contribution in [1.82, 2.24) is 4.90 Å². The van der Waals surface area contributed by atoms with Crippen molar-refractivity contribution in [3.63, 3.8) is 0 Å². The minimum atomic E-state index is -2.51. The minimum Gasteiger partial charge on any atom is -0.456 e. The van der Waals surface area contributed by atoms with Crippen LogP contribution in [0.4, 0.5) is 0 Å². The number of hydrogen-bond donors (Lipinski definition) is 0. The zero-order valence-corrected chi connectivity index (χ0v) is 50.8. The largest absolute Gasteiger partial charge is 0.456 e. The Labute approximate surface area is 442 Å². The fourth-order valence-electron chi connectivity index (χ4n) is 11.4. The topological polar surface area (TPSA) is 138 Å². The number of rotatable bonds is 10. The second-order valence-corrected chi connectivity index (χ2v) is 35.3. The minimum absolute atomic E-state index is 0.0131. The fraction of sp³-hybridized carbons (Fsp3) is 0.857. The van der Waals surface area contributed by atoms with Crippen LogP contribution in [-0.4, -0.2) is 133 Å². The van der Waals surface area contributed by atoms with Gasteiger partial charge in [-0.15, -0.1) is 0 Å². The summed E-state index contributed by atoms with van der Waals surface area (Å²) < 4.78 is 59.3. The highest BCUT2D eigenvalue weighted by Gasteiger charge is 2.65. The van der Waals surface area contributed by atoms with E-state index in [0.717, 1.165) is 43.3 Å². The molecular formula is C56H97NO12SSi2. The molecule has 1 aliphatic carbocycles. The molecule has 412 valence electrons. The van der Waals surface area contributed by atoms with E-state index in [1.807, 2.05) is 13.8 Å². The Balaban J connectivity index is 1.63. The third kappa shape index (κ3) is 13.9. The lowest BCUT2D eigenvalue weighted by Gasteiger charge is -2.48. The maximum Gasteiger partial charge on any atom is 0.356 e. The maximum atomic E-state index is 15.3. The molecule has 0 aromatic carbocycles. The second kappa shape index (κ2) is 24.5. The number of esters is 1. The Hall–Kier alpha value is -2.03. The van der Waals surface area contributed by atoms with Crippen LogP contribution in [0.25, 0.3) is 0 Å². The van der Waals surface area contributed by atoms with Gasteiger partial charge in [-0.2, -0.15) is 0 Å². The van der Waals surface area contributed by atoms with Gasteiger partial charge < -0.3 is 46.9 Å². The van der Waals surface area contributed by atoms with Gasteiger partial charge in [0, 0.05) is 64.3 Å². The van der Waals surface area contributed by atoms with E-state index in [9.17, 15) is 4.79 Å². The molecule has 5 rings (SSSR count). The number of hydrogen-bond acceptors (Lipinski definition) is 13. The number of thiocarbonyl (C=S) groups is 1. The number of carbonyl (C=O) groups excluding carboxylic acids is 3. The van der Waals surface area contributed by atoms with Gasteiger partial charge in [0.05, 0.1) is 30.5 Å². The van der Waals surface area contributed by atoms with Crippen LogP contribution in [0.1, 0.15) is 154 Å². The van der Waals surface area contributed by atoms with Crippen molar-refractivity contribution in [3.8, 4) is 0 Å². The van der Waals surface area contributed by atoms with Crippen LogP contribution in [0.15, 0.2) is 23.3 Å². The predicted molar refractivity (Wildman–Crippen MR) is 292 cm³/mol. The lowest BCUT2D eigenvalue weighted by atomic mass is 9.81. The van der Waals surface area contributed by atoms with Gasteiger partial charge in [0.2, 0.25) is 6.10 Å². The first-order valence-electron chi connectivity index (χ1n) is 27.3. The number of ketones is 1. The highest BCUT2D eigenvalue weighted by Crippen LogP contribution is 2.47. The third-order valence-corrected chi connectivity index (χ3v) is 27.1. The van der Waals surface area contributed by atoms with Gasteiger partial charge >= 0.3 is 11.2 Å². The molecular weight excluding hydrogens is 967 g/mol. The Bertz CT molecular complexity index is 1950. The molecule has 0 radical (unpaired) electrons. The standard InChI is InChI=1S/C56H97NO12SSi2/c1-20-40-28-34(2)27-35(3)29-46(62-14)49-47(63-15)31-37(5)56(66-49)50(65-53(70)67-56)51(59)57-26-22-21-23-41(57)52(60)64-48(38(6)44(33-42(40)58)69-72(18,19)55(10,11)12)36(4)30-39-24-25-43(45(32-39)61-13)68-71(16,17)54(7,8)9/h28,30,35,37-41,43-50H,20-27,29,31-33H2,1-19H3/b34-28+,36-30+/t35-,37+,38+,39-,40+,41-,43+,44-,45+,46-,47-,48+,49+,50-,56-/m0/s1. The van der Waals surface area contributed by atoms with Crippen LogP contribution < -0.4 is 0 Å². The van der Waals surface area contributed by atoms with Crippen LogP contribution in [0.5, 0.6) is 0 Å². The quantitative estimate of drug-likeness (QED) is 0.0889. The lowest BCUT2D eigenvalue weighted by Crippen LogP contribution is -2.65. The summed E-state index contributed by atoms with van der Waals surface area (Å²) in [6, 6.07) is -0.925. The Kier molecular flexibility index (Phi) is 20.7. The number of fused-ring (bicyclic) bond motifs is 2. The molecule has 1 amide bonds. The van der Waals surface area contributed by atoms with Crippen molar-refractivity contribution in [2.75, 3.05) is 27.9 Å². The van der Waals surface area contributed by atoms with E-state index in [-0.39, 0.29) is 63.6 Å². The van der Waals surface area contributed by atoms with Gasteiger partial charge in [-0.25, -0.2) is 4.79 Å². The molecule has 5 aliphatic rings. The maximum absolute atomic E-state index is 15.3. The van der Waals surface area contributed by atoms with E-state index in [1.165, 1.54) is 0 Å². The van der Waals surface area contributed by atoms with Gasteiger partial charge in [0.25, 0.3) is 11.7 Å². The summed E-state index contributed by atoms with van der Waals surface area (Å²) in [7, 11) is 0.509. The van der Waals surface area contributed by atoms with Crippen molar-refractivity contribution < 1.29 is 56.4 Å². The summed E-state index contributed by atoms with van der Waals surface area (Å²) in [6.07, 6.45) is 7.07. The monoisotopic (exact) mass is 1060 g/mol. The molecule has 4 fully saturated rings. The van der Waals surface area contributed by atoms with E-state index in [1.54, 1.807) is 26.2 Å². The molecule has 0 N–H and O–H groups in total. The number of cyclic esters (lactones) is 1. The summed E-state index contributed by atoms with van der Waals surface area (Å²) in [5.74, 6) is -3.37. The molecule has 16 heteroatoms. The van der Waals surface area contributed by atoms with Gasteiger partial charge in [0.1, 0.15) is 24.0 Å². The Morgan fingerprint density at radius 1 is 0.806 bits per heavy atom. The number of ether oxygens (including phenoxy) is 7. The molecule has 3 saturated heterocycles. The summed E-state index contributed by atoms with van der Waals surface area (Å²) >= 11 is 5.59. The summed E-state index contributed by atoms with van der Waals surface area (Å²) in [5, 5.41) is -0.280. The molecule has 1 spiro atoms. The zero-order chi connectivity index (χ0) is 53.9. The van der Waals surface area contributed by atoms with Crippen LogP contribution in [0.2, 0.25) is 36.3 Å². The lowest BCUT2D eigenvalue weighted by molar-refractivity contribution is -0.315. The van der Waals surface area contributed by atoms with Crippen molar-refractivity contribution >= 4 is 51.7 Å². The molecule has 0 aromatic rings. The van der Waals surface area contributed by atoms with Crippen LogP contribution in [-0.2, 0) is 56.4 Å². The first-order chi connectivity index (χ1) is 33.4. The molecule has 0 aromatic heterocycles. The first kappa shape index (κ1) is 60.8. The number of amides is 1. The van der Waals surface area contributed by atoms with Crippen molar-refractivity contribution in [2.45, 2.75) is 251 Å². The number of nitrogens with zero attached hydrogens (tertiary/aromatic N) is 1. The van der Waals surface area contributed by atoms with E-state index in [0.29, 0.717) is 38.6 Å². The van der Waals surface area contributed by atoms with Crippen LogP contribution in [0, 0.1) is 29.6 Å². The molecule has 4 heterocycles. The second-order valence-electron chi connectivity index (χ2n) is 25.4.